The highest BCUT2D eigenvalue weighted by Gasteiger charge is 2.05. The Hall–Kier alpha value is -0.480. The predicted octanol–water partition coefficient (Wildman–Crippen LogP) is 1.42. The van der Waals surface area contributed by atoms with E-state index in [2.05, 4.69) is 5.92 Å². The Morgan fingerprint density at radius 2 is 2.00 bits per heavy atom. The number of rotatable bonds is 0. The van der Waals surface area contributed by atoms with E-state index in [1.165, 1.54) is 0 Å². The first kappa shape index (κ1) is 4.35. The van der Waals surface area contributed by atoms with Gasteiger partial charge in [-0.3, -0.25) is 0 Å². The van der Waals surface area contributed by atoms with Crippen molar-refractivity contribution < 1.29 is 9.22 Å². The molecule has 1 atom stereocenters. The highest BCUT2D eigenvalue weighted by Crippen LogP contribution is 2.16. The first-order valence-corrected chi connectivity index (χ1v) is 2.80. The molecule has 0 aliphatic carbocycles. The fourth-order valence-electron chi connectivity index (χ4n) is 0.285. The molecule has 0 rings (SSSR count). The summed E-state index contributed by atoms with van der Waals surface area (Å²) in [5.74, 6) is 4.33. The van der Waals surface area contributed by atoms with Gasteiger partial charge in [0, 0.05) is 7.77 Å². The van der Waals surface area contributed by atoms with Crippen LogP contribution in [0.5, 0.6) is 0 Å². The van der Waals surface area contributed by atoms with Gasteiger partial charge in [0.1, 0.15) is 6.56 Å². The summed E-state index contributed by atoms with van der Waals surface area (Å²) in [5.41, 5.74) is -0.307. The topological polar surface area (TPSA) is 20.2 Å². The van der Waals surface area contributed by atoms with Gasteiger partial charge in [0.15, 0.2) is 0 Å². The molecule has 1 heteroatoms. The Balaban J connectivity index is 4.34. The van der Waals surface area contributed by atoms with Crippen molar-refractivity contribution in [2.24, 2.45) is 5.41 Å². The van der Waals surface area contributed by atoms with Gasteiger partial charge in [-0.2, -0.15) is 0 Å². The van der Waals surface area contributed by atoms with Crippen LogP contribution >= 0.6 is 0 Å². The summed E-state index contributed by atoms with van der Waals surface area (Å²) in [4.78, 5) is 0. The lowest BCUT2D eigenvalue weighted by Gasteiger charge is -2.12. The molecule has 0 aliphatic rings. The van der Waals surface area contributed by atoms with Crippen molar-refractivity contribution in [3.05, 3.63) is 0 Å². The molecule has 0 fully saturated rings. The fraction of sp³-hybridized carbons (Fsp3) is 0.750. The first-order chi connectivity index (χ1) is 5.13. The van der Waals surface area contributed by atoms with Crippen molar-refractivity contribution in [3.63, 3.8) is 0 Å². The Bertz CT molecular complexity index is 201. The average molecular weight is 129 g/mol. The van der Waals surface area contributed by atoms with Crippen molar-refractivity contribution in [2.45, 2.75) is 27.2 Å². The SMILES string of the molecule is [2H]C(C#CC([2H])([2H])O)C(C)(C)C. The maximum atomic E-state index is 8.61. The Morgan fingerprint density at radius 3 is 2.33 bits per heavy atom. The lowest BCUT2D eigenvalue weighted by Crippen LogP contribution is -2.02. The molecule has 1 nitrogen and oxygen atoms in total. The van der Waals surface area contributed by atoms with E-state index in [1.54, 1.807) is 0 Å². The van der Waals surface area contributed by atoms with Crippen LogP contribution in [-0.2, 0) is 0 Å². The van der Waals surface area contributed by atoms with E-state index in [1.807, 2.05) is 26.7 Å². The van der Waals surface area contributed by atoms with E-state index >= 15 is 0 Å². The van der Waals surface area contributed by atoms with Gasteiger partial charge in [-0.1, -0.05) is 26.7 Å². The minimum Gasteiger partial charge on any atom is -0.384 e. The smallest absolute Gasteiger partial charge is 0.104 e. The normalized spacial score (nSPS) is 20.2. The zero-order valence-electron chi connectivity index (χ0n) is 9.02. The molecule has 1 N–H and O–H groups in total. The molecule has 0 amide bonds. The first-order valence-electron chi connectivity index (χ1n) is 4.38. The lowest BCUT2D eigenvalue weighted by molar-refractivity contribution is 0.350. The van der Waals surface area contributed by atoms with Crippen LogP contribution in [0.3, 0.4) is 0 Å². The molecule has 52 valence electrons. The highest BCUT2D eigenvalue weighted by atomic mass is 16.2. The maximum absolute atomic E-state index is 8.61. The molecule has 1 unspecified atom stereocenters. The molecule has 0 saturated carbocycles. The third kappa shape index (κ3) is 7.52. The summed E-state index contributed by atoms with van der Waals surface area (Å²) in [6, 6.07) is 0. The summed E-state index contributed by atoms with van der Waals surface area (Å²) in [6.45, 7) is 3.04. The van der Waals surface area contributed by atoms with Gasteiger partial charge >= 0.3 is 0 Å². The van der Waals surface area contributed by atoms with E-state index in [0.29, 0.717) is 0 Å². The van der Waals surface area contributed by atoms with Gasteiger partial charge in [0.05, 0.1) is 2.74 Å². The van der Waals surface area contributed by atoms with Gasteiger partial charge in [0.25, 0.3) is 0 Å². The second kappa shape index (κ2) is 3.53. The second-order valence-corrected chi connectivity index (χ2v) is 2.89. The molecule has 0 saturated heterocycles. The minimum absolute atomic E-state index is 0.307. The zero-order chi connectivity index (χ0) is 9.99. The number of hydrogen-bond acceptors (Lipinski definition) is 1. The molecule has 0 spiro atoms. The van der Waals surface area contributed by atoms with Crippen molar-refractivity contribution in [1.82, 2.24) is 0 Å². The molecule has 0 aromatic rings. The fourth-order valence-corrected chi connectivity index (χ4v) is 0.285. The second-order valence-electron chi connectivity index (χ2n) is 2.89. The molecular formula is C8H14O. The van der Waals surface area contributed by atoms with E-state index < -0.39 is 13.0 Å². The zero-order valence-corrected chi connectivity index (χ0v) is 6.02. The third-order valence-corrected chi connectivity index (χ3v) is 0.633. The third-order valence-electron chi connectivity index (χ3n) is 0.633. The highest BCUT2D eigenvalue weighted by molar-refractivity contribution is 5.00. The molecule has 0 aliphatic heterocycles. The van der Waals surface area contributed by atoms with Crippen LogP contribution in [0.1, 0.15) is 31.3 Å². The molecule has 0 bridgehead atoms. The van der Waals surface area contributed by atoms with Crippen molar-refractivity contribution in [1.29, 1.82) is 0 Å². The average Bonchev–Trinajstić information content (AvgIpc) is 1.78. The Kier molecular flexibility index (Phi) is 1.71. The van der Waals surface area contributed by atoms with Gasteiger partial charge in [-0.25, -0.2) is 0 Å². The quantitative estimate of drug-likeness (QED) is 0.490. The monoisotopic (exact) mass is 129 g/mol. The van der Waals surface area contributed by atoms with Crippen LogP contribution in [0.4, 0.5) is 0 Å². The van der Waals surface area contributed by atoms with Crippen LogP contribution in [0.2, 0.25) is 0 Å². The van der Waals surface area contributed by atoms with Crippen molar-refractivity contribution in [2.75, 3.05) is 6.56 Å². The van der Waals surface area contributed by atoms with Gasteiger partial charge in [-0.15, -0.1) is 5.92 Å². The van der Waals surface area contributed by atoms with E-state index in [4.69, 9.17) is 9.22 Å². The van der Waals surface area contributed by atoms with E-state index in [0.717, 1.165) is 0 Å². The summed E-state index contributed by atoms with van der Waals surface area (Å²) in [5, 5.41) is 8.61. The van der Waals surface area contributed by atoms with Gasteiger partial charge < -0.3 is 5.11 Å². The standard InChI is InChI=1S/C8H14O/c1-8(2,3)6-4-5-7-9/h9H,6-7H2,1-3H3/i6D,7D2. The Morgan fingerprint density at radius 1 is 1.44 bits per heavy atom. The molecule has 0 aromatic carbocycles. The maximum Gasteiger partial charge on any atom is 0.104 e. The molecular weight excluding hydrogens is 112 g/mol. The van der Waals surface area contributed by atoms with E-state index in [9.17, 15) is 0 Å². The van der Waals surface area contributed by atoms with Gasteiger partial charge in [-0.05, 0) is 5.41 Å². The predicted molar refractivity (Wildman–Crippen MR) is 38.9 cm³/mol. The molecule has 0 heterocycles. The van der Waals surface area contributed by atoms with Crippen molar-refractivity contribution >= 4 is 0 Å². The van der Waals surface area contributed by atoms with Crippen molar-refractivity contribution in [3.8, 4) is 11.8 Å². The summed E-state index contributed by atoms with van der Waals surface area (Å²) < 4.78 is 20.8. The minimum atomic E-state index is -2.48. The molecule has 0 aromatic heterocycles. The summed E-state index contributed by atoms with van der Waals surface area (Å²) in [6.07, 6.45) is -0.681. The van der Waals surface area contributed by atoms with Gasteiger partial charge in [0.2, 0.25) is 0 Å². The largest absolute Gasteiger partial charge is 0.384 e. The summed E-state index contributed by atoms with van der Waals surface area (Å²) >= 11 is 0. The number of aliphatic hydroxyl groups is 1. The van der Waals surface area contributed by atoms with Crippen LogP contribution in [0.15, 0.2) is 0 Å². The van der Waals surface area contributed by atoms with Crippen LogP contribution in [0.25, 0.3) is 0 Å². The number of hydrogen-bond donors (Lipinski definition) is 1. The Labute approximate surface area is 61.3 Å². The van der Waals surface area contributed by atoms with E-state index in [-0.39, 0.29) is 5.41 Å². The lowest BCUT2D eigenvalue weighted by atomic mass is 9.93. The van der Waals surface area contributed by atoms with Crippen LogP contribution in [-0.4, -0.2) is 11.7 Å². The van der Waals surface area contributed by atoms with Crippen LogP contribution in [0, 0.1) is 17.3 Å². The summed E-state index contributed by atoms with van der Waals surface area (Å²) in [7, 11) is 0. The van der Waals surface area contributed by atoms with Crippen LogP contribution < -0.4 is 0 Å². The molecule has 0 radical (unpaired) electrons. The molecule has 9 heavy (non-hydrogen) atoms.